The smallest absolute Gasteiger partial charge is 0.278 e. The van der Waals surface area contributed by atoms with Crippen molar-refractivity contribution < 1.29 is 14.1 Å². The van der Waals surface area contributed by atoms with Gasteiger partial charge in [0.15, 0.2) is 0 Å². The molecule has 22 heavy (non-hydrogen) atoms. The molecule has 1 atom stereocenters. The Morgan fingerprint density at radius 3 is 3.05 bits per heavy atom. The first-order chi connectivity index (χ1) is 10.7. The molecule has 0 bridgehead atoms. The Morgan fingerprint density at radius 1 is 1.41 bits per heavy atom. The van der Waals surface area contributed by atoms with Gasteiger partial charge in [0.2, 0.25) is 5.95 Å². The molecule has 0 unspecified atom stereocenters. The van der Waals surface area contributed by atoms with Gasteiger partial charge in [-0.3, -0.25) is 0 Å². The number of aryl methyl sites for hydroxylation is 1. The number of aromatic nitrogens is 4. The van der Waals surface area contributed by atoms with Crippen LogP contribution in [-0.4, -0.2) is 46.6 Å². The molecule has 1 saturated heterocycles. The second-order valence-electron chi connectivity index (χ2n) is 5.03. The van der Waals surface area contributed by atoms with E-state index in [-0.39, 0.29) is 11.9 Å². The second-order valence-corrected chi connectivity index (χ2v) is 5.03. The lowest BCUT2D eigenvalue weighted by molar-refractivity contribution is 0.193. The number of nitrogens with two attached hydrogens (primary N) is 1. The molecule has 0 spiro atoms. The van der Waals surface area contributed by atoms with Crippen molar-refractivity contribution in [3.05, 3.63) is 17.5 Å². The van der Waals surface area contributed by atoms with Gasteiger partial charge in [-0.15, -0.1) is 0 Å². The van der Waals surface area contributed by atoms with Crippen LogP contribution in [0.15, 0.2) is 10.7 Å². The van der Waals surface area contributed by atoms with Crippen molar-refractivity contribution in [3.8, 4) is 5.88 Å². The quantitative estimate of drug-likeness (QED) is 0.744. The molecule has 0 saturated carbocycles. The first kappa shape index (κ1) is 14.5. The van der Waals surface area contributed by atoms with Gasteiger partial charge in [-0.25, -0.2) is 9.61 Å². The summed E-state index contributed by atoms with van der Waals surface area (Å²) >= 11 is 0. The number of hydrogen-bond donors (Lipinski definition) is 2. The number of nitrogens with zero attached hydrogens (tertiary/aromatic N) is 4. The Balaban J connectivity index is 1.54. The number of nitrogen functional groups attached to an aromatic ring is 1. The summed E-state index contributed by atoms with van der Waals surface area (Å²) in [5, 5.41) is 10.4. The average Bonchev–Trinajstić information content (AvgIpc) is 3.15. The first-order valence-corrected chi connectivity index (χ1v) is 7.10. The van der Waals surface area contributed by atoms with Gasteiger partial charge in [0.25, 0.3) is 5.88 Å². The van der Waals surface area contributed by atoms with E-state index in [1.807, 2.05) is 6.07 Å². The van der Waals surface area contributed by atoms with E-state index in [0.29, 0.717) is 37.2 Å². The van der Waals surface area contributed by atoms with Crippen LogP contribution >= 0.6 is 0 Å². The molecule has 1 aliphatic rings. The molecular weight excluding hydrogens is 288 g/mol. The van der Waals surface area contributed by atoms with E-state index >= 15 is 0 Å². The minimum absolute atomic E-state index is 0.254. The van der Waals surface area contributed by atoms with E-state index in [9.17, 15) is 0 Å². The van der Waals surface area contributed by atoms with Gasteiger partial charge in [0.05, 0.1) is 18.8 Å². The minimum Gasteiger partial charge on any atom is -0.472 e. The zero-order chi connectivity index (χ0) is 15.4. The van der Waals surface area contributed by atoms with E-state index < -0.39 is 0 Å². The SMILES string of the molecule is Cc1nonc1OCCNc1cc([C@H]2CCOC2)nc(N)n1. The maximum absolute atomic E-state index is 5.76. The Labute approximate surface area is 127 Å². The fraction of sp³-hybridized carbons (Fsp3) is 0.538. The van der Waals surface area contributed by atoms with Crippen molar-refractivity contribution in [2.75, 3.05) is 37.4 Å². The predicted molar refractivity (Wildman–Crippen MR) is 77.6 cm³/mol. The van der Waals surface area contributed by atoms with Crippen LogP contribution in [0.1, 0.15) is 23.7 Å². The summed E-state index contributed by atoms with van der Waals surface area (Å²) < 4.78 is 15.4. The Kier molecular flexibility index (Phi) is 4.33. The maximum atomic E-state index is 5.76. The lowest BCUT2D eigenvalue weighted by Crippen LogP contribution is -2.14. The van der Waals surface area contributed by atoms with E-state index in [1.54, 1.807) is 6.92 Å². The second kappa shape index (κ2) is 6.56. The predicted octanol–water partition coefficient (Wildman–Crippen LogP) is 0.745. The van der Waals surface area contributed by atoms with Crippen molar-refractivity contribution >= 4 is 11.8 Å². The summed E-state index contributed by atoms with van der Waals surface area (Å²) in [5.74, 6) is 1.61. The third-order valence-electron chi connectivity index (χ3n) is 3.37. The Morgan fingerprint density at radius 2 is 2.32 bits per heavy atom. The molecule has 118 valence electrons. The highest BCUT2D eigenvalue weighted by atomic mass is 16.6. The molecule has 2 aromatic rings. The van der Waals surface area contributed by atoms with Crippen LogP contribution in [0.25, 0.3) is 0 Å². The molecule has 0 aromatic carbocycles. The molecule has 3 rings (SSSR count). The minimum atomic E-state index is 0.254. The summed E-state index contributed by atoms with van der Waals surface area (Å²) in [6, 6.07) is 1.90. The summed E-state index contributed by atoms with van der Waals surface area (Å²) in [6.45, 7) is 4.15. The van der Waals surface area contributed by atoms with Crippen LogP contribution in [0, 0.1) is 6.92 Å². The zero-order valence-corrected chi connectivity index (χ0v) is 12.3. The third kappa shape index (κ3) is 3.42. The lowest BCUT2D eigenvalue weighted by atomic mass is 10.0. The van der Waals surface area contributed by atoms with Gasteiger partial charge in [-0.1, -0.05) is 5.16 Å². The zero-order valence-electron chi connectivity index (χ0n) is 12.3. The maximum Gasteiger partial charge on any atom is 0.278 e. The van der Waals surface area contributed by atoms with Gasteiger partial charge in [-0.2, -0.15) is 4.98 Å². The van der Waals surface area contributed by atoms with Crippen LogP contribution in [0.3, 0.4) is 0 Å². The number of hydrogen-bond acceptors (Lipinski definition) is 9. The summed E-state index contributed by atoms with van der Waals surface area (Å²) in [7, 11) is 0. The van der Waals surface area contributed by atoms with Gasteiger partial charge >= 0.3 is 0 Å². The molecule has 1 aliphatic heterocycles. The first-order valence-electron chi connectivity index (χ1n) is 7.10. The topological polar surface area (TPSA) is 121 Å². The number of anilines is 2. The van der Waals surface area contributed by atoms with E-state index in [1.165, 1.54) is 0 Å². The molecule has 0 amide bonds. The number of nitrogens with one attached hydrogen (secondary N) is 1. The molecule has 0 aliphatic carbocycles. The average molecular weight is 306 g/mol. The van der Waals surface area contributed by atoms with Crippen molar-refractivity contribution in [2.45, 2.75) is 19.3 Å². The van der Waals surface area contributed by atoms with Gasteiger partial charge in [-0.05, 0) is 18.5 Å². The van der Waals surface area contributed by atoms with Crippen molar-refractivity contribution in [1.29, 1.82) is 0 Å². The molecular formula is C13H18N6O3. The van der Waals surface area contributed by atoms with Crippen LogP contribution < -0.4 is 15.8 Å². The Bertz CT molecular complexity index is 626. The fourth-order valence-corrected chi connectivity index (χ4v) is 2.23. The molecule has 9 heteroatoms. The highest BCUT2D eigenvalue weighted by Crippen LogP contribution is 2.25. The fourth-order valence-electron chi connectivity index (χ4n) is 2.23. The summed E-state index contributed by atoms with van der Waals surface area (Å²) in [5.41, 5.74) is 7.29. The number of rotatable bonds is 6. The summed E-state index contributed by atoms with van der Waals surface area (Å²) in [4.78, 5) is 8.45. The van der Waals surface area contributed by atoms with Crippen LogP contribution in [0.2, 0.25) is 0 Å². The monoisotopic (exact) mass is 306 g/mol. The Hall–Kier alpha value is -2.42. The van der Waals surface area contributed by atoms with Crippen LogP contribution in [0.5, 0.6) is 5.88 Å². The van der Waals surface area contributed by atoms with Crippen molar-refractivity contribution in [2.24, 2.45) is 0 Å². The van der Waals surface area contributed by atoms with E-state index in [0.717, 1.165) is 18.7 Å². The number of ether oxygens (including phenoxy) is 2. The largest absolute Gasteiger partial charge is 0.472 e. The molecule has 0 radical (unpaired) electrons. The van der Waals surface area contributed by atoms with Crippen LogP contribution in [-0.2, 0) is 4.74 Å². The van der Waals surface area contributed by atoms with E-state index in [4.69, 9.17) is 15.2 Å². The normalized spacial score (nSPS) is 17.6. The third-order valence-corrected chi connectivity index (χ3v) is 3.37. The molecule has 2 aromatic heterocycles. The van der Waals surface area contributed by atoms with Gasteiger partial charge in [0.1, 0.15) is 18.1 Å². The van der Waals surface area contributed by atoms with Gasteiger partial charge < -0.3 is 20.5 Å². The molecule has 3 N–H and O–H groups in total. The molecule has 3 heterocycles. The van der Waals surface area contributed by atoms with Crippen molar-refractivity contribution in [1.82, 2.24) is 20.3 Å². The lowest BCUT2D eigenvalue weighted by Gasteiger charge is -2.11. The van der Waals surface area contributed by atoms with Gasteiger partial charge in [0, 0.05) is 18.6 Å². The molecule has 1 fully saturated rings. The van der Waals surface area contributed by atoms with Crippen molar-refractivity contribution in [3.63, 3.8) is 0 Å². The van der Waals surface area contributed by atoms with E-state index in [2.05, 4.69) is 30.2 Å². The summed E-state index contributed by atoms with van der Waals surface area (Å²) in [6.07, 6.45) is 0.956. The standard InChI is InChI=1S/C13H18N6O3/c1-8-12(19-22-18-8)21-5-3-15-11-6-10(16-13(14)17-11)9-2-4-20-7-9/h6,9H,2-5,7H2,1H3,(H3,14,15,16,17)/t9-/m0/s1. The highest BCUT2D eigenvalue weighted by molar-refractivity contribution is 5.41. The highest BCUT2D eigenvalue weighted by Gasteiger charge is 2.20. The molecule has 9 nitrogen and oxygen atoms in total. The van der Waals surface area contributed by atoms with Crippen LogP contribution in [0.4, 0.5) is 11.8 Å².